The highest BCUT2D eigenvalue weighted by molar-refractivity contribution is 8.03. The summed E-state index contributed by atoms with van der Waals surface area (Å²) in [5.74, 6) is -1.35. The topological polar surface area (TPSA) is 121 Å². The van der Waals surface area contributed by atoms with Gasteiger partial charge in [0.25, 0.3) is 0 Å². The zero-order valence-corrected chi connectivity index (χ0v) is 21.6. The lowest BCUT2D eigenvalue weighted by Gasteiger charge is -2.29. The number of rotatable bonds is 9. The van der Waals surface area contributed by atoms with Crippen molar-refractivity contribution in [1.29, 1.82) is 5.26 Å². The van der Waals surface area contributed by atoms with Gasteiger partial charge in [-0.15, -0.1) is 0 Å². The van der Waals surface area contributed by atoms with Crippen molar-refractivity contribution in [3.8, 4) is 6.07 Å². The number of nitrogens with zero attached hydrogens (tertiary/aromatic N) is 1. The third-order valence-corrected chi connectivity index (χ3v) is 6.78. The molecular formula is C29H25N3O5S. The quantitative estimate of drug-likeness (QED) is 0.286. The lowest BCUT2D eigenvalue weighted by molar-refractivity contribution is -0.138. The van der Waals surface area contributed by atoms with Gasteiger partial charge in [-0.05, 0) is 55.8 Å². The van der Waals surface area contributed by atoms with Crippen LogP contribution in [0.1, 0.15) is 41.4 Å². The molecule has 0 saturated heterocycles. The summed E-state index contributed by atoms with van der Waals surface area (Å²) in [5.41, 5.74) is 2.79. The number of esters is 1. The SMILES string of the molecule is CCOC(=O)C1=C(c2ccccc2)NC(SCC(=O)Nc2ccc(C(C)=O)cc2)=C(C#N)[C@@H]1c1ccco1. The third kappa shape index (κ3) is 5.88. The van der Waals surface area contributed by atoms with Gasteiger partial charge in [-0.25, -0.2) is 4.79 Å². The van der Waals surface area contributed by atoms with Gasteiger partial charge in [0.05, 0.1) is 52.5 Å². The Morgan fingerprint density at radius 1 is 1.08 bits per heavy atom. The molecule has 1 atom stereocenters. The van der Waals surface area contributed by atoms with E-state index in [1.54, 1.807) is 43.3 Å². The average molecular weight is 528 g/mol. The minimum atomic E-state index is -0.824. The number of allylic oxidation sites excluding steroid dienone is 1. The van der Waals surface area contributed by atoms with Crippen molar-refractivity contribution in [2.24, 2.45) is 0 Å². The van der Waals surface area contributed by atoms with Gasteiger partial charge in [0, 0.05) is 11.3 Å². The largest absolute Gasteiger partial charge is 0.468 e. The fourth-order valence-corrected chi connectivity index (χ4v) is 4.86. The smallest absolute Gasteiger partial charge is 0.337 e. The van der Waals surface area contributed by atoms with Gasteiger partial charge in [-0.1, -0.05) is 42.1 Å². The molecule has 0 aliphatic carbocycles. The number of Topliss-reactive ketones (excluding diaryl/α,β-unsaturated/α-hetero) is 1. The zero-order valence-electron chi connectivity index (χ0n) is 20.8. The molecule has 8 nitrogen and oxygen atoms in total. The molecule has 0 spiro atoms. The number of hydrogen-bond donors (Lipinski definition) is 2. The summed E-state index contributed by atoms with van der Waals surface area (Å²) in [6, 6.07) is 21.5. The highest BCUT2D eigenvalue weighted by atomic mass is 32.2. The number of amides is 1. The van der Waals surface area contributed by atoms with Crippen LogP contribution in [-0.4, -0.2) is 30.0 Å². The van der Waals surface area contributed by atoms with Gasteiger partial charge in [0.1, 0.15) is 5.76 Å². The standard InChI is InChI=1S/C29H25N3O5S/c1-3-36-29(35)26-25(23-10-7-15-37-23)22(16-30)28(32-27(26)20-8-5-4-6-9-20)38-17-24(34)31-21-13-11-19(12-14-21)18(2)33/h4-15,25,32H,3,17H2,1-2H3,(H,31,34)/t25-/m1/s1. The molecule has 192 valence electrons. The first-order valence-corrected chi connectivity index (χ1v) is 12.9. The Morgan fingerprint density at radius 3 is 2.42 bits per heavy atom. The average Bonchev–Trinajstić information content (AvgIpc) is 3.46. The Bertz CT molecular complexity index is 1440. The number of carbonyl (C=O) groups is 3. The van der Waals surface area contributed by atoms with Crippen molar-refractivity contribution in [2.45, 2.75) is 19.8 Å². The molecule has 2 aromatic carbocycles. The summed E-state index contributed by atoms with van der Waals surface area (Å²) in [7, 11) is 0. The minimum absolute atomic E-state index is 0.0103. The summed E-state index contributed by atoms with van der Waals surface area (Å²) in [4.78, 5) is 37.4. The van der Waals surface area contributed by atoms with E-state index in [0.717, 1.165) is 17.3 Å². The summed E-state index contributed by atoms with van der Waals surface area (Å²) in [6.45, 7) is 3.35. The van der Waals surface area contributed by atoms with E-state index in [0.29, 0.717) is 27.7 Å². The molecule has 4 rings (SSSR count). The fourth-order valence-electron chi connectivity index (χ4n) is 4.02. The highest BCUT2D eigenvalue weighted by Gasteiger charge is 2.38. The molecule has 0 saturated carbocycles. The second-order valence-electron chi connectivity index (χ2n) is 8.27. The van der Waals surface area contributed by atoms with E-state index in [9.17, 15) is 19.6 Å². The molecule has 0 radical (unpaired) electrons. The maximum atomic E-state index is 13.2. The summed E-state index contributed by atoms with van der Waals surface area (Å²) < 4.78 is 11.0. The molecule has 2 N–H and O–H groups in total. The molecule has 2 heterocycles. The Labute approximate surface area is 224 Å². The molecule has 1 amide bonds. The lowest BCUT2D eigenvalue weighted by atomic mass is 9.84. The third-order valence-electron chi connectivity index (χ3n) is 5.76. The molecule has 0 unspecified atom stereocenters. The zero-order chi connectivity index (χ0) is 27.1. The monoisotopic (exact) mass is 527 g/mol. The molecule has 1 aliphatic heterocycles. The first kappa shape index (κ1) is 26.5. The summed E-state index contributed by atoms with van der Waals surface area (Å²) in [5, 5.41) is 16.6. The number of ether oxygens (including phenoxy) is 1. The van der Waals surface area contributed by atoms with E-state index in [2.05, 4.69) is 16.7 Å². The van der Waals surface area contributed by atoms with Crippen molar-refractivity contribution in [3.05, 3.63) is 106 Å². The molecule has 1 aliphatic rings. The lowest BCUT2D eigenvalue weighted by Crippen LogP contribution is -2.29. The number of nitrogens with one attached hydrogen (secondary N) is 2. The van der Waals surface area contributed by atoms with Crippen LogP contribution in [0.4, 0.5) is 5.69 Å². The second kappa shape index (κ2) is 12.1. The van der Waals surface area contributed by atoms with Gasteiger partial charge in [-0.3, -0.25) is 9.59 Å². The Balaban J connectivity index is 1.66. The second-order valence-corrected chi connectivity index (χ2v) is 9.26. The van der Waals surface area contributed by atoms with E-state index >= 15 is 0 Å². The number of dihydropyridines is 1. The van der Waals surface area contributed by atoms with Crippen LogP contribution < -0.4 is 10.6 Å². The van der Waals surface area contributed by atoms with Crippen LogP contribution >= 0.6 is 11.8 Å². The van der Waals surface area contributed by atoms with Gasteiger partial charge >= 0.3 is 5.97 Å². The van der Waals surface area contributed by atoms with Crippen LogP contribution in [0.5, 0.6) is 0 Å². The molecular weight excluding hydrogens is 502 g/mol. The van der Waals surface area contributed by atoms with E-state index in [-0.39, 0.29) is 35.2 Å². The Morgan fingerprint density at radius 2 is 1.82 bits per heavy atom. The number of thioether (sulfide) groups is 1. The Hall–Kier alpha value is -4.55. The molecule has 0 bridgehead atoms. The number of carbonyl (C=O) groups excluding carboxylic acids is 3. The molecule has 1 aromatic heterocycles. The van der Waals surface area contributed by atoms with Crippen LogP contribution in [0.3, 0.4) is 0 Å². The van der Waals surface area contributed by atoms with Crippen LogP contribution in [-0.2, 0) is 14.3 Å². The molecule has 9 heteroatoms. The fraction of sp³-hybridized carbons (Fsp3) is 0.172. The van der Waals surface area contributed by atoms with E-state index in [1.165, 1.54) is 13.2 Å². The van der Waals surface area contributed by atoms with Crippen LogP contribution in [0.15, 0.2) is 93.6 Å². The Kier molecular flexibility index (Phi) is 8.46. The number of hydrogen-bond acceptors (Lipinski definition) is 8. The van der Waals surface area contributed by atoms with Crippen molar-refractivity contribution < 1.29 is 23.5 Å². The number of ketones is 1. The predicted molar refractivity (Wildman–Crippen MR) is 145 cm³/mol. The normalized spacial score (nSPS) is 14.9. The predicted octanol–water partition coefficient (Wildman–Crippen LogP) is 5.25. The number of furan rings is 1. The molecule has 38 heavy (non-hydrogen) atoms. The highest BCUT2D eigenvalue weighted by Crippen LogP contribution is 2.43. The van der Waals surface area contributed by atoms with Crippen molar-refractivity contribution >= 4 is 40.8 Å². The van der Waals surface area contributed by atoms with Crippen molar-refractivity contribution in [1.82, 2.24) is 5.32 Å². The van der Waals surface area contributed by atoms with Crippen LogP contribution in [0.2, 0.25) is 0 Å². The van der Waals surface area contributed by atoms with Crippen molar-refractivity contribution in [2.75, 3.05) is 17.7 Å². The van der Waals surface area contributed by atoms with Crippen LogP contribution in [0, 0.1) is 11.3 Å². The first-order valence-electron chi connectivity index (χ1n) is 11.9. The first-order chi connectivity index (χ1) is 18.4. The van der Waals surface area contributed by atoms with Crippen molar-refractivity contribution in [3.63, 3.8) is 0 Å². The van der Waals surface area contributed by atoms with Crippen LogP contribution in [0.25, 0.3) is 5.70 Å². The van der Waals surface area contributed by atoms with Gasteiger partial charge < -0.3 is 19.8 Å². The van der Waals surface area contributed by atoms with Gasteiger partial charge in [-0.2, -0.15) is 5.26 Å². The summed E-state index contributed by atoms with van der Waals surface area (Å²) in [6.07, 6.45) is 1.48. The molecule has 3 aromatic rings. The van der Waals surface area contributed by atoms with Gasteiger partial charge in [0.2, 0.25) is 5.91 Å². The van der Waals surface area contributed by atoms with E-state index < -0.39 is 11.9 Å². The van der Waals surface area contributed by atoms with E-state index in [1.807, 2.05) is 30.3 Å². The maximum Gasteiger partial charge on any atom is 0.337 e. The van der Waals surface area contributed by atoms with Gasteiger partial charge in [0.15, 0.2) is 5.78 Å². The maximum absolute atomic E-state index is 13.2. The number of benzene rings is 2. The van der Waals surface area contributed by atoms with E-state index in [4.69, 9.17) is 9.15 Å². The minimum Gasteiger partial charge on any atom is -0.468 e. The number of anilines is 1. The summed E-state index contributed by atoms with van der Waals surface area (Å²) >= 11 is 1.14. The number of nitriles is 1. The molecule has 0 fully saturated rings.